The van der Waals surface area contributed by atoms with Crippen LogP contribution in [-0.4, -0.2) is 68.3 Å². The molecule has 3 atom stereocenters. The van der Waals surface area contributed by atoms with E-state index in [4.69, 9.17) is 9.47 Å². The third kappa shape index (κ3) is 4.45. The standard InChI is InChI=1S/C21H26N2O6S/c1-28-20(26)13-8-9-22(17(10-13)21(27)29-2)19(25)14-11-18(24)23(12-14)15-4-6-16(30-3)7-5-15/h4-7,13-14,17H,8-12H2,1-3H3/t13-,14-,17+/m1/s1. The number of carbonyl (C=O) groups excluding carboxylic acids is 4. The normalized spacial score (nSPS) is 24.0. The molecule has 9 heteroatoms. The van der Waals surface area contributed by atoms with E-state index in [1.807, 2.05) is 30.5 Å². The molecule has 1 aromatic rings. The summed E-state index contributed by atoms with van der Waals surface area (Å²) in [7, 11) is 2.56. The molecule has 0 saturated carbocycles. The van der Waals surface area contributed by atoms with Crippen LogP contribution in [0.1, 0.15) is 19.3 Å². The molecule has 0 radical (unpaired) electrons. The minimum Gasteiger partial charge on any atom is -0.469 e. The van der Waals surface area contributed by atoms with Gasteiger partial charge in [0.2, 0.25) is 11.8 Å². The average Bonchev–Trinajstić information content (AvgIpc) is 3.18. The Hall–Kier alpha value is -2.55. The van der Waals surface area contributed by atoms with Gasteiger partial charge in [-0.15, -0.1) is 11.8 Å². The molecule has 8 nitrogen and oxygen atoms in total. The largest absolute Gasteiger partial charge is 0.469 e. The van der Waals surface area contributed by atoms with Crippen molar-refractivity contribution in [3.63, 3.8) is 0 Å². The predicted molar refractivity (Wildman–Crippen MR) is 111 cm³/mol. The van der Waals surface area contributed by atoms with Crippen molar-refractivity contribution in [2.45, 2.75) is 30.2 Å². The van der Waals surface area contributed by atoms with Crippen LogP contribution in [-0.2, 0) is 28.7 Å². The molecule has 162 valence electrons. The molecule has 2 fully saturated rings. The lowest BCUT2D eigenvalue weighted by molar-refractivity contribution is -0.161. The maximum Gasteiger partial charge on any atom is 0.328 e. The molecule has 3 rings (SSSR count). The lowest BCUT2D eigenvalue weighted by atomic mass is 9.89. The third-order valence-corrected chi connectivity index (χ3v) is 6.50. The monoisotopic (exact) mass is 434 g/mol. The van der Waals surface area contributed by atoms with Crippen LogP contribution in [0.25, 0.3) is 0 Å². The molecule has 2 aliphatic heterocycles. The van der Waals surface area contributed by atoms with Crippen molar-refractivity contribution in [2.24, 2.45) is 11.8 Å². The number of esters is 2. The number of nitrogens with zero attached hydrogens (tertiary/aromatic N) is 2. The molecule has 2 saturated heterocycles. The van der Waals surface area contributed by atoms with E-state index in [1.54, 1.807) is 16.7 Å². The summed E-state index contributed by atoms with van der Waals surface area (Å²) >= 11 is 1.61. The van der Waals surface area contributed by atoms with Crippen molar-refractivity contribution < 1.29 is 28.7 Å². The minimum atomic E-state index is -0.856. The number of thioether (sulfide) groups is 1. The number of likely N-dealkylation sites (tertiary alicyclic amines) is 1. The summed E-state index contributed by atoms with van der Waals surface area (Å²) in [5.74, 6) is -2.34. The van der Waals surface area contributed by atoms with Gasteiger partial charge in [0.05, 0.1) is 26.1 Å². The Labute approximate surface area is 179 Å². The Morgan fingerprint density at radius 2 is 1.70 bits per heavy atom. The molecule has 2 heterocycles. The predicted octanol–water partition coefficient (Wildman–Crippen LogP) is 1.71. The second-order valence-electron chi connectivity index (χ2n) is 7.42. The first-order valence-corrected chi connectivity index (χ1v) is 11.0. The lowest BCUT2D eigenvalue weighted by Crippen LogP contribution is -2.53. The quantitative estimate of drug-likeness (QED) is 0.514. The summed E-state index contributed by atoms with van der Waals surface area (Å²) in [5.41, 5.74) is 0.752. The van der Waals surface area contributed by atoms with E-state index in [2.05, 4.69) is 0 Å². The zero-order chi connectivity index (χ0) is 21.8. The van der Waals surface area contributed by atoms with Gasteiger partial charge in [0.25, 0.3) is 0 Å². The molecular formula is C21H26N2O6S. The highest BCUT2D eigenvalue weighted by molar-refractivity contribution is 7.98. The Kier molecular flexibility index (Phi) is 7.02. The zero-order valence-corrected chi connectivity index (χ0v) is 18.1. The fourth-order valence-electron chi connectivity index (χ4n) is 4.09. The number of benzene rings is 1. The van der Waals surface area contributed by atoms with Crippen LogP contribution < -0.4 is 4.90 Å². The van der Waals surface area contributed by atoms with Crippen LogP contribution in [0, 0.1) is 11.8 Å². The fourth-order valence-corrected chi connectivity index (χ4v) is 4.50. The summed E-state index contributed by atoms with van der Waals surface area (Å²) in [6.07, 6.45) is 2.64. The SMILES string of the molecule is COC(=O)[C@@H]1CCN(C(=O)[C@@H]2CC(=O)N(c3ccc(SC)cc3)C2)[C@H](C(=O)OC)C1. The third-order valence-electron chi connectivity index (χ3n) is 5.75. The van der Waals surface area contributed by atoms with E-state index in [9.17, 15) is 19.2 Å². The number of carbonyl (C=O) groups is 4. The van der Waals surface area contributed by atoms with Crippen molar-refractivity contribution in [1.29, 1.82) is 0 Å². The molecule has 0 N–H and O–H groups in total. The molecule has 30 heavy (non-hydrogen) atoms. The van der Waals surface area contributed by atoms with Crippen molar-refractivity contribution in [2.75, 3.05) is 38.5 Å². The molecule has 1 aromatic carbocycles. The van der Waals surface area contributed by atoms with E-state index < -0.39 is 29.8 Å². The summed E-state index contributed by atoms with van der Waals surface area (Å²) in [5, 5.41) is 0. The van der Waals surface area contributed by atoms with Gasteiger partial charge in [0, 0.05) is 30.1 Å². The number of hydrogen-bond donors (Lipinski definition) is 0. The lowest BCUT2D eigenvalue weighted by Gasteiger charge is -2.38. The highest BCUT2D eigenvalue weighted by Crippen LogP contribution is 2.31. The van der Waals surface area contributed by atoms with E-state index in [0.717, 1.165) is 10.6 Å². The Balaban J connectivity index is 1.73. The number of methoxy groups -OCH3 is 2. The first-order chi connectivity index (χ1) is 14.4. The first kappa shape index (κ1) is 22.1. The van der Waals surface area contributed by atoms with Gasteiger partial charge >= 0.3 is 11.9 Å². The number of piperidine rings is 1. The summed E-state index contributed by atoms with van der Waals surface area (Å²) in [6.45, 7) is 0.507. The highest BCUT2D eigenvalue weighted by atomic mass is 32.2. The van der Waals surface area contributed by atoms with Gasteiger partial charge in [-0.3, -0.25) is 14.4 Å². The van der Waals surface area contributed by atoms with Gasteiger partial charge in [-0.25, -0.2) is 4.79 Å². The molecule has 0 spiro atoms. The van der Waals surface area contributed by atoms with Crippen LogP contribution in [0.4, 0.5) is 5.69 Å². The van der Waals surface area contributed by atoms with Crippen molar-refractivity contribution in [3.8, 4) is 0 Å². The van der Waals surface area contributed by atoms with Gasteiger partial charge in [-0.1, -0.05) is 0 Å². The van der Waals surface area contributed by atoms with Crippen molar-refractivity contribution in [3.05, 3.63) is 24.3 Å². The van der Waals surface area contributed by atoms with E-state index >= 15 is 0 Å². The Morgan fingerprint density at radius 1 is 1.03 bits per heavy atom. The van der Waals surface area contributed by atoms with Gasteiger partial charge in [-0.05, 0) is 43.4 Å². The smallest absolute Gasteiger partial charge is 0.328 e. The fraction of sp³-hybridized carbons (Fsp3) is 0.524. The van der Waals surface area contributed by atoms with Crippen LogP contribution in [0.3, 0.4) is 0 Å². The maximum absolute atomic E-state index is 13.2. The molecule has 0 aliphatic carbocycles. The molecular weight excluding hydrogens is 408 g/mol. The second-order valence-corrected chi connectivity index (χ2v) is 8.30. The van der Waals surface area contributed by atoms with E-state index in [1.165, 1.54) is 19.1 Å². The van der Waals surface area contributed by atoms with Crippen LogP contribution in [0.2, 0.25) is 0 Å². The molecule has 2 aliphatic rings. The first-order valence-electron chi connectivity index (χ1n) is 9.80. The topological polar surface area (TPSA) is 93.2 Å². The van der Waals surface area contributed by atoms with Crippen LogP contribution in [0.5, 0.6) is 0 Å². The van der Waals surface area contributed by atoms with E-state index in [-0.39, 0.29) is 37.7 Å². The van der Waals surface area contributed by atoms with Crippen molar-refractivity contribution in [1.82, 2.24) is 4.90 Å². The summed E-state index contributed by atoms with van der Waals surface area (Å²) in [6, 6.07) is 6.76. The second kappa shape index (κ2) is 9.51. The molecule has 0 bridgehead atoms. The van der Waals surface area contributed by atoms with Gasteiger partial charge < -0.3 is 19.3 Å². The number of rotatable bonds is 5. The van der Waals surface area contributed by atoms with Crippen LogP contribution in [0.15, 0.2) is 29.2 Å². The number of anilines is 1. The van der Waals surface area contributed by atoms with Gasteiger partial charge in [-0.2, -0.15) is 0 Å². The minimum absolute atomic E-state index is 0.0912. The molecule has 0 aromatic heterocycles. The summed E-state index contributed by atoms with van der Waals surface area (Å²) in [4.78, 5) is 54.2. The van der Waals surface area contributed by atoms with E-state index in [0.29, 0.717) is 6.42 Å². The molecule has 0 unspecified atom stereocenters. The Bertz CT molecular complexity index is 827. The summed E-state index contributed by atoms with van der Waals surface area (Å²) < 4.78 is 9.66. The maximum atomic E-state index is 13.2. The van der Waals surface area contributed by atoms with Gasteiger partial charge in [0.15, 0.2) is 0 Å². The number of hydrogen-bond acceptors (Lipinski definition) is 7. The Morgan fingerprint density at radius 3 is 2.30 bits per heavy atom. The zero-order valence-electron chi connectivity index (χ0n) is 17.3. The number of amides is 2. The molecule has 2 amide bonds. The van der Waals surface area contributed by atoms with Crippen molar-refractivity contribution >= 4 is 41.2 Å². The highest BCUT2D eigenvalue weighted by Gasteiger charge is 2.44. The van der Waals surface area contributed by atoms with Gasteiger partial charge in [0.1, 0.15) is 6.04 Å². The average molecular weight is 435 g/mol. The van der Waals surface area contributed by atoms with Crippen LogP contribution >= 0.6 is 11.8 Å². The number of ether oxygens (including phenoxy) is 2.